The summed E-state index contributed by atoms with van der Waals surface area (Å²) in [5, 5.41) is 9.12. The molecule has 1 atom stereocenters. The third kappa shape index (κ3) is 3.69. The molecule has 0 amide bonds. The van der Waals surface area contributed by atoms with Crippen LogP contribution >= 0.6 is 11.6 Å². The molecule has 18 heavy (non-hydrogen) atoms. The number of rotatable bonds is 5. The zero-order chi connectivity index (χ0) is 13.9. The maximum absolute atomic E-state index is 11.7. The van der Waals surface area contributed by atoms with Gasteiger partial charge in [-0.3, -0.25) is 4.79 Å². The predicted octanol–water partition coefficient (Wildman–Crippen LogP) is 1.75. The Hall–Kier alpha value is -1.11. The number of nitrogens with zero attached hydrogens (tertiary/aromatic N) is 1. The zero-order valence-corrected chi connectivity index (χ0v) is 11.6. The molecule has 0 heterocycles. The highest BCUT2D eigenvalue weighted by molar-refractivity contribution is 7.89. The molecule has 0 bridgehead atoms. The van der Waals surface area contributed by atoms with Gasteiger partial charge >= 0.3 is 5.97 Å². The first-order chi connectivity index (χ1) is 8.24. The summed E-state index contributed by atoms with van der Waals surface area (Å²) in [5.41, 5.74) is 0.746. The topological polar surface area (TPSA) is 74.7 Å². The van der Waals surface area contributed by atoms with Gasteiger partial charge in [-0.05, 0) is 24.6 Å². The van der Waals surface area contributed by atoms with Crippen molar-refractivity contribution < 1.29 is 18.3 Å². The Kier molecular flexibility index (Phi) is 4.72. The molecule has 1 aromatic rings. The molecule has 0 fully saturated rings. The molecule has 100 valence electrons. The van der Waals surface area contributed by atoms with Crippen LogP contribution in [0.2, 0.25) is 5.02 Å². The van der Waals surface area contributed by atoms with Crippen LogP contribution < -0.4 is 0 Å². The van der Waals surface area contributed by atoms with Crippen LogP contribution in [0.1, 0.15) is 18.5 Å². The van der Waals surface area contributed by atoms with Crippen molar-refractivity contribution in [3.63, 3.8) is 0 Å². The predicted molar refractivity (Wildman–Crippen MR) is 69.1 cm³/mol. The smallest absolute Gasteiger partial charge is 0.320 e. The van der Waals surface area contributed by atoms with Crippen molar-refractivity contribution in [1.29, 1.82) is 0 Å². The Morgan fingerprint density at radius 1 is 1.39 bits per heavy atom. The number of carbonyl (C=O) groups is 1. The fourth-order valence-corrected chi connectivity index (χ4v) is 2.70. The average molecular weight is 292 g/mol. The standard InChI is InChI=1S/C11H14ClNO4S/c1-8(9-3-5-10(12)6-4-9)13(2)18(16,17)7-11(14)15/h3-6,8H,7H2,1-2H3,(H,14,15). The van der Waals surface area contributed by atoms with E-state index >= 15 is 0 Å². The molecule has 7 heteroatoms. The van der Waals surface area contributed by atoms with Crippen molar-refractivity contribution in [2.75, 3.05) is 12.8 Å². The minimum Gasteiger partial charge on any atom is -0.480 e. The molecule has 1 rings (SSSR count). The molecule has 0 saturated heterocycles. The summed E-state index contributed by atoms with van der Waals surface area (Å²) in [5.74, 6) is -2.29. The Balaban J connectivity index is 2.93. The number of aliphatic carboxylic acids is 1. The van der Waals surface area contributed by atoms with E-state index in [9.17, 15) is 13.2 Å². The van der Waals surface area contributed by atoms with E-state index < -0.39 is 27.8 Å². The Morgan fingerprint density at radius 2 is 1.89 bits per heavy atom. The van der Waals surface area contributed by atoms with E-state index in [0.29, 0.717) is 5.02 Å². The SMILES string of the molecule is CC(c1ccc(Cl)cc1)N(C)S(=O)(=O)CC(=O)O. The van der Waals surface area contributed by atoms with E-state index in [1.165, 1.54) is 7.05 Å². The van der Waals surface area contributed by atoms with Gasteiger partial charge in [0.1, 0.15) is 0 Å². The van der Waals surface area contributed by atoms with Gasteiger partial charge in [-0.15, -0.1) is 0 Å². The van der Waals surface area contributed by atoms with Gasteiger partial charge in [-0.25, -0.2) is 8.42 Å². The lowest BCUT2D eigenvalue weighted by Gasteiger charge is -2.23. The van der Waals surface area contributed by atoms with Gasteiger partial charge in [-0.2, -0.15) is 4.31 Å². The molecule has 1 unspecified atom stereocenters. The van der Waals surface area contributed by atoms with Crippen LogP contribution in [0, 0.1) is 0 Å². The molecule has 0 spiro atoms. The highest BCUT2D eigenvalue weighted by Crippen LogP contribution is 2.23. The Morgan fingerprint density at radius 3 is 2.33 bits per heavy atom. The molecule has 0 aliphatic heterocycles. The van der Waals surface area contributed by atoms with E-state index in [-0.39, 0.29) is 0 Å². The number of halogens is 1. The maximum Gasteiger partial charge on any atom is 0.320 e. The summed E-state index contributed by atoms with van der Waals surface area (Å²) >= 11 is 5.75. The van der Waals surface area contributed by atoms with Crippen molar-refractivity contribution >= 4 is 27.6 Å². The Bertz CT molecular complexity index is 526. The van der Waals surface area contributed by atoms with Crippen molar-refractivity contribution in [1.82, 2.24) is 4.31 Å². The molecule has 0 radical (unpaired) electrons. The van der Waals surface area contributed by atoms with E-state index in [0.717, 1.165) is 9.87 Å². The van der Waals surface area contributed by atoms with Gasteiger partial charge in [0.25, 0.3) is 0 Å². The van der Waals surface area contributed by atoms with Gasteiger partial charge in [0.2, 0.25) is 10.0 Å². The molecule has 5 nitrogen and oxygen atoms in total. The summed E-state index contributed by atoms with van der Waals surface area (Å²) in [4.78, 5) is 10.5. The fraction of sp³-hybridized carbons (Fsp3) is 0.364. The summed E-state index contributed by atoms with van der Waals surface area (Å²) in [7, 11) is -2.46. The first kappa shape index (κ1) is 14.9. The van der Waals surface area contributed by atoms with Gasteiger partial charge in [-0.1, -0.05) is 23.7 Å². The van der Waals surface area contributed by atoms with E-state index in [1.54, 1.807) is 31.2 Å². The van der Waals surface area contributed by atoms with Gasteiger partial charge < -0.3 is 5.11 Å². The zero-order valence-electron chi connectivity index (χ0n) is 10.00. The van der Waals surface area contributed by atoms with Gasteiger partial charge in [0, 0.05) is 18.1 Å². The van der Waals surface area contributed by atoms with Crippen LogP contribution in [-0.2, 0) is 14.8 Å². The van der Waals surface area contributed by atoms with Crippen molar-refractivity contribution in [3.05, 3.63) is 34.9 Å². The van der Waals surface area contributed by atoms with Crippen molar-refractivity contribution in [2.45, 2.75) is 13.0 Å². The molecule has 1 N–H and O–H groups in total. The summed E-state index contributed by atoms with van der Waals surface area (Å²) in [6.07, 6.45) is 0. The molecular formula is C11H14ClNO4S. The largest absolute Gasteiger partial charge is 0.480 e. The second kappa shape index (κ2) is 5.69. The van der Waals surface area contributed by atoms with E-state index in [4.69, 9.17) is 16.7 Å². The molecule has 0 aromatic heterocycles. The van der Waals surface area contributed by atoms with Crippen LogP contribution in [0.15, 0.2) is 24.3 Å². The lowest BCUT2D eigenvalue weighted by atomic mass is 10.1. The lowest BCUT2D eigenvalue weighted by molar-refractivity contribution is -0.134. The highest BCUT2D eigenvalue weighted by Gasteiger charge is 2.26. The fourth-order valence-electron chi connectivity index (χ4n) is 1.45. The van der Waals surface area contributed by atoms with Gasteiger partial charge in [0.15, 0.2) is 5.75 Å². The summed E-state index contributed by atoms with van der Waals surface area (Å²) in [6, 6.07) is 6.28. The normalized spacial score (nSPS) is 13.6. The quantitative estimate of drug-likeness (QED) is 0.897. The van der Waals surface area contributed by atoms with E-state index in [2.05, 4.69) is 0 Å². The second-order valence-corrected chi connectivity index (χ2v) is 6.36. The monoisotopic (exact) mass is 291 g/mol. The summed E-state index contributed by atoms with van der Waals surface area (Å²) < 4.78 is 24.5. The highest BCUT2D eigenvalue weighted by atomic mass is 35.5. The first-order valence-electron chi connectivity index (χ1n) is 5.17. The number of hydrogen-bond acceptors (Lipinski definition) is 3. The first-order valence-corrected chi connectivity index (χ1v) is 7.15. The van der Waals surface area contributed by atoms with Crippen LogP contribution in [0.4, 0.5) is 0 Å². The second-order valence-electron chi connectivity index (χ2n) is 3.89. The van der Waals surface area contributed by atoms with Crippen molar-refractivity contribution in [3.8, 4) is 0 Å². The number of hydrogen-bond donors (Lipinski definition) is 1. The molecular weight excluding hydrogens is 278 g/mol. The average Bonchev–Trinajstić information content (AvgIpc) is 2.26. The number of benzene rings is 1. The van der Waals surface area contributed by atoms with Gasteiger partial charge in [0.05, 0.1) is 0 Å². The van der Waals surface area contributed by atoms with Crippen LogP contribution in [-0.4, -0.2) is 36.6 Å². The van der Waals surface area contributed by atoms with Crippen LogP contribution in [0.25, 0.3) is 0 Å². The molecule has 1 aromatic carbocycles. The van der Waals surface area contributed by atoms with Crippen LogP contribution in [0.3, 0.4) is 0 Å². The number of carboxylic acid groups (broad SMARTS) is 1. The van der Waals surface area contributed by atoms with E-state index in [1.807, 2.05) is 0 Å². The number of sulfonamides is 1. The van der Waals surface area contributed by atoms with Crippen molar-refractivity contribution in [2.24, 2.45) is 0 Å². The third-order valence-electron chi connectivity index (χ3n) is 2.64. The molecule has 0 aliphatic carbocycles. The summed E-state index contributed by atoms with van der Waals surface area (Å²) in [6.45, 7) is 1.68. The Labute approximate surface area is 111 Å². The minimum atomic E-state index is -3.82. The third-order valence-corrected chi connectivity index (χ3v) is 4.70. The minimum absolute atomic E-state index is 0.452. The number of carboxylic acids is 1. The lowest BCUT2D eigenvalue weighted by Crippen LogP contribution is -2.34. The van der Waals surface area contributed by atoms with Crippen LogP contribution in [0.5, 0.6) is 0 Å². The maximum atomic E-state index is 11.7. The molecule has 0 aliphatic rings. The molecule has 0 saturated carbocycles.